The van der Waals surface area contributed by atoms with Gasteiger partial charge in [-0.2, -0.15) is 0 Å². The van der Waals surface area contributed by atoms with Gasteiger partial charge in [-0.05, 0) is 30.4 Å². The van der Waals surface area contributed by atoms with Crippen molar-refractivity contribution < 1.29 is 18.7 Å². The van der Waals surface area contributed by atoms with Crippen LogP contribution in [-0.4, -0.2) is 46.9 Å². The monoisotopic (exact) mass is 342 g/mol. The lowest BCUT2D eigenvalue weighted by Gasteiger charge is -2.37. The van der Waals surface area contributed by atoms with E-state index in [9.17, 15) is 23.5 Å². The number of hydrogen-bond acceptors (Lipinski definition) is 3. The van der Waals surface area contributed by atoms with Gasteiger partial charge in [-0.1, -0.05) is 13.8 Å². The van der Waals surface area contributed by atoms with Crippen LogP contribution in [0.15, 0.2) is 17.1 Å². The van der Waals surface area contributed by atoms with E-state index in [-0.39, 0.29) is 24.9 Å². The van der Waals surface area contributed by atoms with E-state index in [1.807, 2.05) is 13.8 Å². The Hall–Kier alpha value is -1.76. The van der Waals surface area contributed by atoms with Gasteiger partial charge in [0.2, 0.25) is 0 Å². The Morgan fingerprint density at radius 1 is 1.42 bits per heavy atom. The molecule has 134 valence electrons. The molecule has 1 aromatic heterocycles. The normalized spacial score (nSPS) is 17.0. The number of carboxylic acids is 1. The summed E-state index contributed by atoms with van der Waals surface area (Å²) in [5.74, 6) is -1.94. The van der Waals surface area contributed by atoms with E-state index in [2.05, 4.69) is 4.90 Å². The van der Waals surface area contributed by atoms with Crippen LogP contribution in [0.3, 0.4) is 0 Å². The van der Waals surface area contributed by atoms with Gasteiger partial charge in [0.25, 0.3) is 5.56 Å². The Kier molecular flexibility index (Phi) is 6.10. The number of aliphatic carboxylic acids is 1. The van der Waals surface area contributed by atoms with Crippen molar-refractivity contribution in [1.82, 2.24) is 9.47 Å². The van der Waals surface area contributed by atoms with E-state index < -0.39 is 23.4 Å². The van der Waals surface area contributed by atoms with Gasteiger partial charge in [0.1, 0.15) is 6.04 Å². The van der Waals surface area contributed by atoms with Crippen LogP contribution in [0.1, 0.15) is 31.9 Å². The fourth-order valence-electron chi connectivity index (χ4n) is 3.01. The van der Waals surface area contributed by atoms with E-state index in [1.165, 1.54) is 12.3 Å². The summed E-state index contributed by atoms with van der Waals surface area (Å²) >= 11 is 0. The molecule has 0 amide bonds. The molecular weight excluding hydrogens is 318 g/mol. The second-order valence-corrected chi connectivity index (χ2v) is 6.92. The molecule has 2 rings (SSSR count). The second-order valence-electron chi connectivity index (χ2n) is 6.92. The van der Waals surface area contributed by atoms with Crippen LogP contribution in [-0.2, 0) is 11.2 Å². The molecule has 0 spiro atoms. The number of rotatable bonds is 8. The molecule has 0 aromatic carbocycles. The molecule has 1 unspecified atom stereocenters. The molecule has 1 saturated heterocycles. The number of halogens is 2. The Bertz CT molecular complexity index is 639. The van der Waals surface area contributed by atoms with Gasteiger partial charge in [0.15, 0.2) is 5.82 Å². The van der Waals surface area contributed by atoms with Gasteiger partial charge in [0, 0.05) is 31.7 Å². The molecule has 7 heteroatoms. The summed E-state index contributed by atoms with van der Waals surface area (Å²) in [6, 6.07) is 0.0892. The lowest BCUT2D eigenvalue weighted by atomic mass is 10.0. The highest BCUT2D eigenvalue weighted by Crippen LogP contribution is 2.19. The van der Waals surface area contributed by atoms with Gasteiger partial charge >= 0.3 is 5.97 Å². The number of carbonyl (C=O) groups is 1. The molecule has 0 saturated carbocycles. The summed E-state index contributed by atoms with van der Waals surface area (Å²) in [6.07, 6.45) is 2.19. The maximum Gasteiger partial charge on any atom is 0.326 e. The first kappa shape index (κ1) is 18.6. The minimum Gasteiger partial charge on any atom is -0.480 e. The zero-order valence-corrected chi connectivity index (χ0v) is 14.0. The van der Waals surface area contributed by atoms with Crippen molar-refractivity contribution in [2.75, 3.05) is 26.3 Å². The number of carboxylic acid groups (broad SMARTS) is 1. The van der Waals surface area contributed by atoms with Crippen molar-refractivity contribution in [2.45, 2.75) is 32.7 Å². The van der Waals surface area contributed by atoms with Crippen LogP contribution in [0, 0.1) is 17.7 Å². The summed E-state index contributed by atoms with van der Waals surface area (Å²) in [5.41, 5.74) is -0.334. The third-order valence-corrected chi connectivity index (χ3v) is 4.34. The van der Waals surface area contributed by atoms with Gasteiger partial charge in [-0.3, -0.25) is 13.8 Å². The van der Waals surface area contributed by atoms with Crippen LogP contribution >= 0.6 is 0 Å². The number of alkyl halides is 1. The minimum atomic E-state index is -1.14. The molecular formula is C17H24F2N2O3. The predicted molar refractivity (Wildman–Crippen MR) is 86.4 cm³/mol. The first-order valence-corrected chi connectivity index (χ1v) is 8.23. The van der Waals surface area contributed by atoms with E-state index in [0.717, 1.165) is 4.57 Å². The fourth-order valence-corrected chi connectivity index (χ4v) is 3.01. The first-order valence-electron chi connectivity index (χ1n) is 8.23. The highest BCUT2D eigenvalue weighted by Gasteiger charge is 2.27. The lowest BCUT2D eigenvalue weighted by molar-refractivity contribution is -0.141. The SMILES string of the molecule is CC(C)CC(C(=O)O)n1cc(CCN2CC(CF)C2)cc(F)c1=O. The highest BCUT2D eigenvalue weighted by atomic mass is 19.1. The first-order chi connectivity index (χ1) is 11.3. The topological polar surface area (TPSA) is 62.5 Å². The average molecular weight is 342 g/mol. The summed E-state index contributed by atoms with van der Waals surface area (Å²) in [6.45, 7) is 5.38. The molecule has 1 fully saturated rings. The molecule has 2 heterocycles. The number of likely N-dealkylation sites (tertiary alicyclic amines) is 1. The molecule has 1 atom stereocenters. The zero-order chi connectivity index (χ0) is 17.9. The van der Waals surface area contributed by atoms with Crippen molar-refractivity contribution in [2.24, 2.45) is 11.8 Å². The molecule has 0 bridgehead atoms. The molecule has 1 aliphatic rings. The molecule has 0 radical (unpaired) electrons. The quantitative estimate of drug-likeness (QED) is 0.786. The van der Waals surface area contributed by atoms with Gasteiger partial charge < -0.3 is 10.0 Å². The molecule has 1 aliphatic heterocycles. The Balaban J connectivity index is 2.15. The van der Waals surface area contributed by atoms with Crippen molar-refractivity contribution in [3.8, 4) is 0 Å². The third-order valence-electron chi connectivity index (χ3n) is 4.34. The van der Waals surface area contributed by atoms with Crippen LogP contribution in [0.5, 0.6) is 0 Å². The smallest absolute Gasteiger partial charge is 0.326 e. The van der Waals surface area contributed by atoms with Crippen LogP contribution in [0.4, 0.5) is 8.78 Å². The van der Waals surface area contributed by atoms with Gasteiger partial charge in [0.05, 0.1) is 6.67 Å². The van der Waals surface area contributed by atoms with E-state index in [4.69, 9.17) is 0 Å². The second kappa shape index (κ2) is 7.88. The fraction of sp³-hybridized carbons (Fsp3) is 0.647. The van der Waals surface area contributed by atoms with E-state index in [1.54, 1.807) is 0 Å². The largest absolute Gasteiger partial charge is 0.480 e. The Morgan fingerprint density at radius 3 is 2.62 bits per heavy atom. The highest BCUT2D eigenvalue weighted by molar-refractivity contribution is 5.71. The van der Waals surface area contributed by atoms with Crippen molar-refractivity contribution in [3.05, 3.63) is 34.0 Å². The summed E-state index contributed by atoms with van der Waals surface area (Å²) in [5, 5.41) is 9.38. The zero-order valence-electron chi connectivity index (χ0n) is 14.0. The third kappa shape index (κ3) is 4.41. The predicted octanol–water partition coefficient (Wildman–Crippen LogP) is 2.10. The van der Waals surface area contributed by atoms with E-state index in [0.29, 0.717) is 31.6 Å². The van der Waals surface area contributed by atoms with E-state index >= 15 is 0 Å². The van der Waals surface area contributed by atoms with Crippen LogP contribution in [0.25, 0.3) is 0 Å². The average Bonchev–Trinajstić information content (AvgIpc) is 2.46. The molecule has 1 aromatic rings. The maximum atomic E-state index is 13.9. The maximum absolute atomic E-state index is 13.9. The van der Waals surface area contributed by atoms with Gasteiger partial charge in [-0.25, -0.2) is 9.18 Å². The molecule has 24 heavy (non-hydrogen) atoms. The van der Waals surface area contributed by atoms with Crippen LogP contribution in [0.2, 0.25) is 0 Å². The van der Waals surface area contributed by atoms with Crippen LogP contribution < -0.4 is 5.56 Å². The molecule has 5 nitrogen and oxygen atoms in total. The van der Waals surface area contributed by atoms with Crippen molar-refractivity contribution >= 4 is 5.97 Å². The van der Waals surface area contributed by atoms with Crippen molar-refractivity contribution in [1.29, 1.82) is 0 Å². The Morgan fingerprint density at radius 2 is 2.08 bits per heavy atom. The number of aromatic nitrogens is 1. The molecule has 1 N–H and O–H groups in total. The molecule has 0 aliphatic carbocycles. The summed E-state index contributed by atoms with van der Waals surface area (Å²) in [7, 11) is 0. The lowest BCUT2D eigenvalue weighted by Crippen LogP contribution is -2.48. The minimum absolute atomic E-state index is 0.0587. The summed E-state index contributed by atoms with van der Waals surface area (Å²) in [4.78, 5) is 25.5. The Labute approximate surface area is 139 Å². The van der Waals surface area contributed by atoms with Gasteiger partial charge in [-0.15, -0.1) is 0 Å². The number of pyridine rings is 1. The number of nitrogens with zero attached hydrogens (tertiary/aromatic N) is 2. The number of hydrogen-bond donors (Lipinski definition) is 1. The summed E-state index contributed by atoms with van der Waals surface area (Å²) < 4.78 is 27.4. The van der Waals surface area contributed by atoms with Crippen molar-refractivity contribution in [3.63, 3.8) is 0 Å². The standard InChI is InChI=1S/C17H24F2N2O3/c1-11(2)5-15(17(23)24)21-10-12(6-14(19)16(21)22)3-4-20-8-13(7-18)9-20/h6,10-11,13,15H,3-5,7-9H2,1-2H3,(H,23,24).